The first kappa shape index (κ1) is 32.7. The second-order valence-electron chi connectivity index (χ2n) is 14.2. The molecule has 3 nitrogen and oxygen atoms in total. The van der Waals surface area contributed by atoms with Gasteiger partial charge in [-0.1, -0.05) is 128 Å². The van der Waals surface area contributed by atoms with Gasteiger partial charge >= 0.3 is 0 Å². The molecular formula is C50H42N2O. The first-order valence-electron chi connectivity index (χ1n) is 18.8. The Bertz CT molecular complexity index is 2630. The number of aryl methyl sites for hydroxylation is 2. The Hall–Kier alpha value is -6.19. The molecule has 9 rings (SSSR count). The van der Waals surface area contributed by atoms with Crippen LogP contribution in [0.3, 0.4) is 0 Å². The van der Waals surface area contributed by atoms with Crippen LogP contribution in [0.15, 0.2) is 167 Å². The summed E-state index contributed by atoms with van der Waals surface area (Å²) in [5, 5.41) is 2.23. The summed E-state index contributed by atoms with van der Waals surface area (Å²) in [5.41, 5.74) is 17.1. The molecule has 0 unspecified atom stereocenters. The van der Waals surface area contributed by atoms with Crippen molar-refractivity contribution in [3.63, 3.8) is 0 Å². The fourth-order valence-electron chi connectivity index (χ4n) is 8.00. The minimum Gasteiger partial charge on any atom is -0.454 e. The van der Waals surface area contributed by atoms with E-state index in [0.717, 1.165) is 62.4 Å². The highest BCUT2D eigenvalue weighted by Crippen LogP contribution is 2.50. The average Bonchev–Trinajstić information content (AvgIpc) is 3.98. The van der Waals surface area contributed by atoms with Crippen LogP contribution in [-0.4, -0.2) is 5.71 Å². The Balaban J connectivity index is 1.22. The molecule has 1 aromatic heterocycles. The minimum absolute atomic E-state index is 0.531. The van der Waals surface area contributed by atoms with Gasteiger partial charge in [0.25, 0.3) is 0 Å². The normalized spacial score (nSPS) is 13.2. The molecule has 3 heteroatoms. The first-order chi connectivity index (χ1) is 26.1. The topological polar surface area (TPSA) is 28.7 Å². The van der Waals surface area contributed by atoms with Gasteiger partial charge in [0.05, 0.1) is 17.1 Å². The number of benzene rings is 7. The van der Waals surface area contributed by atoms with Gasteiger partial charge in [0, 0.05) is 27.7 Å². The van der Waals surface area contributed by atoms with Crippen molar-refractivity contribution < 1.29 is 4.42 Å². The fraction of sp³-hybridized carbons (Fsp3) is 0.140. The molecule has 1 heterocycles. The summed E-state index contributed by atoms with van der Waals surface area (Å²) in [4.78, 5) is 7.61. The lowest BCUT2D eigenvalue weighted by Gasteiger charge is -2.29. The third kappa shape index (κ3) is 6.02. The lowest BCUT2D eigenvalue weighted by molar-refractivity contribution is 0.669. The van der Waals surface area contributed by atoms with Crippen molar-refractivity contribution in [1.29, 1.82) is 0 Å². The Labute approximate surface area is 311 Å². The number of hydrogen-bond donors (Lipinski definition) is 0. The summed E-state index contributed by atoms with van der Waals surface area (Å²) in [6.07, 6.45) is 3.36. The molecule has 0 bridgehead atoms. The quantitative estimate of drug-likeness (QED) is 0.141. The number of anilines is 3. The molecule has 0 saturated heterocycles. The molecule has 0 radical (unpaired) electrons. The van der Waals surface area contributed by atoms with Crippen LogP contribution in [0, 0.1) is 6.92 Å². The van der Waals surface area contributed by atoms with Crippen LogP contribution in [0.4, 0.5) is 22.7 Å². The molecule has 0 amide bonds. The highest BCUT2D eigenvalue weighted by molar-refractivity contribution is 6.11. The predicted octanol–water partition coefficient (Wildman–Crippen LogP) is 14.3. The number of aliphatic imine (C=N–C) groups is 1. The van der Waals surface area contributed by atoms with E-state index in [0.29, 0.717) is 5.92 Å². The number of fused-ring (bicyclic) bond motifs is 3. The summed E-state index contributed by atoms with van der Waals surface area (Å²) in [5.74, 6) is 0.531. The fourth-order valence-corrected chi connectivity index (χ4v) is 8.00. The van der Waals surface area contributed by atoms with Crippen molar-refractivity contribution in [2.45, 2.75) is 46.0 Å². The van der Waals surface area contributed by atoms with Gasteiger partial charge in [0.15, 0.2) is 5.58 Å². The largest absolute Gasteiger partial charge is 0.454 e. The zero-order valence-corrected chi connectivity index (χ0v) is 30.5. The summed E-state index contributed by atoms with van der Waals surface area (Å²) in [7, 11) is 0. The van der Waals surface area contributed by atoms with E-state index in [1.807, 2.05) is 6.07 Å². The smallest absolute Gasteiger partial charge is 0.159 e. The standard InChI is InChI=1S/C50H42N2O/c1-4-35-16-8-9-19-40(35)48-33(2)15-12-24-45(48)52(46-25-14-22-43-42-20-10-11-26-47(42)53-50(43)46)39-31-29-37(30-32-39)41-21-13-23-44(49(41)38-27-28-38)51-34(3)36-17-6-5-7-18-36/h5-26,29-32,38H,4,27-28H2,1-3H3/b51-34+. The second kappa shape index (κ2) is 13.7. The maximum atomic E-state index is 6.69. The molecule has 258 valence electrons. The lowest BCUT2D eigenvalue weighted by atomic mass is 9.92. The van der Waals surface area contributed by atoms with Gasteiger partial charge in [0.1, 0.15) is 5.58 Å². The van der Waals surface area contributed by atoms with Crippen LogP contribution in [0.5, 0.6) is 0 Å². The number of hydrogen-bond acceptors (Lipinski definition) is 3. The van der Waals surface area contributed by atoms with E-state index in [4.69, 9.17) is 9.41 Å². The minimum atomic E-state index is 0.531. The van der Waals surface area contributed by atoms with Crippen LogP contribution >= 0.6 is 0 Å². The van der Waals surface area contributed by atoms with Crippen LogP contribution in [0.25, 0.3) is 44.2 Å². The molecule has 0 N–H and O–H groups in total. The van der Waals surface area contributed by atoms with E-state index in [2.05, 4.69) is 177 Å². The van der Waals surface area contributed by atoms with Crippen molar-refractivity contribution in [3.05, 3.63) is 180 Å². The van der Waals surface area contributed by atoms with Gasteiger partial charge in [0.2, 0.25) is 0 Å². The van der Waals surface area contributed by atoms with Gasteiger partial charge in [-0.2, -0.15) is 0 Å². The third-order valence-electron chi connectivity index (χ3n) is 10.8. The lowest BCUT2D eigenvalue weighted by Crippen LogP contribution is -2.12. The Morgan fingerprint density at radius 1 is 0.660 bits per heavy atom. The van der Waals surface area contributed by atoms with Gasteiger partial charge in [-0.15, -0.1) is 0 Å². The molecule has 7 aromatic carbocycles. The van der Waals surface area contributed by atoms with E-state index in [1.54, 1.807) is 0 Å². The SMILES string of the molecule is CCc1ccccc1-c1c(C)cccc1N(c1ccc(-c2cccc(/N=C(\C)c3ccccc3)c2C2CC2)cc1)c1cccc2c1oc1ccccc12. The Kier molecular flexibility index (Phi) is 8.48. The maximum Gasteiger partial charge on any atom is 0.159 e. The summed E-state index contributed by atoms with van der Waals surface area (Å²) < 4.78 is 6.69. The van der Waals surface area contributed by atoms with E-state index in [9.17, 15) is 0 Å². The van der Waals surface area contributed by atoms with E-state index in [1.165, 1.54) is 51.8 Å². The van der Waals surface area contributed by atoms with Gasteiger partial charge in [-0.25, -0.2) is 0 Å². The van der Waals surface area contributed by atoms with Gasteiger partial charge in [-0.05, 0) is 114 Å². The second-order valence-corrected chi connectivity index (χ2v) is 14.2. The molecule has 0 spiro atoms. The van der Waals surface area contributed by atoms with Gasteiger partial charge < -0.3 is 9.32 Å². The van der Waals surface area contributed by atoms with Crippen molar-refractivity contribution in [3.8, 4) is 22.3 Å². The summed E-state index contributed by atoms with van der Waals surface area (Å²) in [6.45, 7) is 6.58. The predicted molar refractivity (Wildman–Crippen MR) is 224 cm³/mol. The van der Waals surface area contributed by atoms with E-state index in [-0.39, 0.29) is 0 Å². The van der Waals surface area contributed by atoms with Gasteiger partial charge in [-0.3, -0.25) is 4.99 Å². The van der Waals surface area contributed by atoms with Crippen molar-refractivity contribution >= 4 is 50.4 Å². The molecule has 0 aliphatic heterocycles. The van der Waals surface area contributed by atoms with Crippen LogP contribution in [0.1, 0.15) is 54.9 Å². The highest BCUT2D eigenvalue weighted by Gasteiger charge is 2.30. The summed E-state index contributed by atoms with van der Waals surface area (Å²) >= 11 is 0. The molecule has 1 fully saturated rings. The monoisotopic (exact) mass is 686 g/mol. The Morgan fingerprint density at radius 3 is 2.15 bits per heavy atom. The maximum absolute atomic E-state index is 6.69. The average molecular weight is 687 g/mol. The molecule has 1 saturated carbocycles. The van der Waals surface area contributed by atoms with Crippen molar-refractivity contribution in [2.24, 2.45) is 4.99 Å². The summed E-state index contributed by atoms with van der Waals surface area (Å²) in [6, 6.07) is 56.5. The highest BCUT2D eigenvalue weighted by atomic mass is 16.3. The van der Waals surface area contributed by atoms with Crippen LogP contribution in [0.2, 0.25) is 0 Å². The van der Waals surface area contributed by atoms with E-state index < -0.39 is 0 Å². The first-order valence-corrected chi connectivity index (χ1v) is 18.8. The molecule has 8 aromatic rings. The third-order valence-corrected chi connectivity index (χ3v) is 10.8. The number of nitrogens with zero attached hydrogens (tertiary/aromatic N) is 2. The zero-order chi connectivity index (χ0) is 35.9. The number of para-hydroxylation sites is 2. The molecule has 1 aliphatic rings. The van der Waals surface area contributed by atoms with E-state index >= 15 is 0 Å². The number of furan rings is 1. The van der Waals surface area contributed by atoms with Crippen molar-refractivity contribution in [1.82, 2.24) is 0 Å². The van der Waals surface area contributed by atoms with Crippen LogP contribution in [-0.2, 0) is 6.42 Å². The zero-order valence-electron chi connectivity index (χ0n) is 30.5. The number of rotatable bonds is 9. The Morgan fingerprint density at radius 2 is 1.34 bits per heavy atom. The molecule has 53 heavy (non-hydrogen) atoms. The van der Waals surface area contributed by atoms with Crippen molar-refractivity contribution in [2.75, 3.05) is 4.90 Å². The molecular weight excluding hydrogens is 645 g/mol. The van der Waals surface area contributed by atoms with Crippen LogP contribution < -0.4 is 4.90 Å². The molecule has 0 atom stereocenters. The molecule has 1 aliphatic carbocycles.